The Balaban J connectivity index is 1.78. The summed E-state index contributed by atoms with van der Waals surface area (Å²) in [5, 5.41) is 10.4. The molecule has 1 aliphatic heterocycles. The third kappa shape index (κ3) is 3.97. The van der Waals surface area contributed by atoms with Gasteiger partial charge < -0.3 is 14.6 Å². The maximum absolute atomic E-state index is 14.7. The summed E-state index contributed by atoms with van der Waals surface area (Å²) in [6.45, 7) is 0. The van der Waals surface area contributed by atoms with Crippen molar-refractivity contribution in [3.05, 3.63) is 83.9 Å². The Labute approximate surface area is 149 Å². The van der Waals surface area contributed by atoms with Crippen LogP contribution in [0.1, 0.15) is 22.1 Å². The van der Waals surface area contributed by atoms with Crippen molar-refractivity contribution in [2.45, 2.75) is 24.5 Å². The van der Waals surface area contributed by atoms with Gasteiger partial charge in [0.1, 0.15) is 6.10 Å². The molecule has 0 unspecified atom stereocenters. The molecule has 6 heteroatoms. The molecular formula is C20H17FO5. The van der Waals surface area contributed by atoms with Gasteiger partial charge in [0.2, 0.25) is 0 Å². The van der Waals surface area contributed by atoms with E-state index in [-0.39, 0.29) is 5.56 Å². The lowest BCUT2D eigenvalue weighted by Gasteiger charge is -2.32. The SMILES string of the molecule is O=C1C=C[C@H](OC(=O)c2ccccc2)[C@H]([C@@H](O)[C@H](F)c2ccccc2)O1. The van der Waals surface area contributed by atoms with Gasteiger partial charge in [0, 0.05) is 6.08 Å². The van der Waals surface area contributed by atoms with E-state index < -0.39 is 36.4 Å². The summed E-state index contributed by atoms with van der Waals surface area (Å²) in [5.74, 6) is -1.40. The molecule has 0 aromatic heterocycles. The van der Waals surface area contributed by atoms with Crippen LogP contribution in [0.5, 0.6) is 0 Å². The van der Waals surface area contributed by atoms with Crippen LogP contribution in [0.15, 0.2) is 72.8 Å². The molecular weight excluding hydrogens is 339 g/mol. The molecule has 0 spiro atoms. The van der Waals surface area contributed by atoms with Gasteiger partial charge in [-0.05, 0) is 23.8 Å². The second kappa shape index (κ2) is 7.93. The number of benzene rings is 2. The summed E-state index contributed by atoms with van der Waals surface area (Å²) in [4.78, 5) is 23.8. The first-order chi connectivity index (χ1) is 12.6. The fourth-order valence-electron chi connectivity index (χ4n) is 2.66. The number of alkyl halides is 1. The van der Waals surface area contributed by atoms with E-state index in [4.69, 9.17) is 9.47 Å². The Bertz CT molecular complexity index is 790. The summed E-state index contributed by atoms with van der Waals surface area (Å²) in [6, 6.07) is 16.2. The zero-order chi connectivity index (χ0) is 18.5. The molecule has 1 aliphatic rings. The van der Waals surface area contributed by atoms with Gasteiger partial charge in [-0.15, -0.1) is 0 Å². The highest BCUT2D eigenvalue weighted by molar-refractivity contribution is 5.90. The van der Waals surface area contributed by atoms with E-state index in [2.05, 4.69) is 0 Å². The first kappa shape index (κ1) is 17.8. The molecule has 4 atom stereocenters. The fraction of sp³-hybridized carbons (Fsp3) is 0.200. The maximum atomic E-state index is 14.7. The molecule has 3 rings (SSSR count). The van der Waals surface area contributed by atoms with Crippen molar-refractivity contribution in [1.82, 2.24) is 0 Å². The molecule has 0 fully saturated rings. The van der Waals surface area contributed by atoms with Crippen LogP contribution in [0.3, 0.4) is 0 Å². The standard InChI is InChI=1S/C20H17FO5/c21-17(13-7-3-1-4-8-13)18(23)19-15(11-12-16(22)26-19)25-20(24)14-9-5-2-6-10-14/h1-12,15,17-19,23H/t15-,17+,18-,19+/m0/s1. The van der Waals surface area contributed by atoms with Crippen molar-refractivity contribution in [2.75, 3.05) is 0 Å². The third-order valence-corrected chi connectivity index (χ3v) is 4.01. The van der Waals surface area contributed by atoms with Crippen molar-refractivity contribution in [2.24, 2.45) is 0 Å². The van der Waals surface area contributed by atoms with E-state index in [1.165, 1.54) is 18.2 Å². The van der Waals surface area contributed by atoms with Gasteiger partial charge in [0.25, 0.3) is 0 Å². The number of esters is 2. The average Bonchev–Trinajstić information content (AvgIpc) is 2.69. The Hall–Kier alpha value is -2.99. The van der Waals surface area contributed by atoms with Crippen LogP contribution in [-0.2, 0) is 14.3 Å². The molecule has 0 aliphatic carbocycles. The minimum Gasteiger partial charge on any atom is -0.452 e. The molecule has 2 aromatic carbocycles. The maximum Gasteiger partial charge on any atom is 0.338 e. The Kier molecular flexibility index (Phi) is 5.43. The van der Waals surface area contributed by atoms with Crippen LogP contribution in [0.2, 0.25) is 0 Å². The number of aliphatic hydroxyl groups is 1. The van der Waals surface area contributed by atoms with Gasteiger partial charge in [0.15, 0.2) is 18.4 Å². The molecule has 2 aromatic rings. The summed E-state index contributed by atoms with van der Waals surface area (Å²) in [7, 11) is 0. The molecule has 134 valence electrons. The van der Waals surface area contributed by atoms with Crippen molar-refractivity contribution in [3.8, 4) is 0 Å². The number of hydrogen-bond acceptors (Lipinski definition) is 5. The van der Waals surface area contributed by atoms with Crippen LogP contribution in [0, 0.1) is 0 Å². The van der Waals surface area contributed by atoms with E-state index in [0.717, 1.165) is 6.08 Å². The zero-order valence-electron chi connectivity index (χ0n) is 13.7. The smallest absolute Gasteiger partial charge is 0.338 e. The van der Waals surface area contributed by atoms with Crippen molar-refractivity contribution >= 4 is 11.9 Å². The molecule has 0 amide bonds. The topological polar surface area (TPSA) is 72.8 Å². The molecule has 0 radical (unpaired) electrons. The lowest BCUT2D eigenvalue weighted by molar-refractivity contribution is -0.163. The molecule has 5 nitrogen and oxygen atoms in total. The van der Waals surface area contributed by atoms with Crippen LogP contribution in [0.4, 0.5) is 4.39 Å². The summed E-state index contributed by atoms with van der Waals surface area (Å²) in [5.41, 5.74) is 0.532. The van der Waals surface area contributed by atoms with Crippen LogP contribution in [0.25, 0.3) is 0 Å². The minimum atomic E-state index is -1.81. The van der Waals surface area contributed by atoms with Crippen LogP contribution >= 0.6 is 0 Å². The number of hydrogen-bond donors (Lipinski definition) is 1. The van der Waals surface area contributed by atoms with E-state index in [1.54, 1.807) is 48.5 Å². The van der Waals surface area contributed by atoms with Crippen LogP contribution in [-0.4, -0.2) is 35.4 Å². The monoisotopic (exact) mass is 356 g/mol. The van der Waals surface area contributed by atoms with E-state index in [9.17, 15) is 19.1 Å². The van der Waals surface area contributed by atoms with Crippen LogP contribution < -0.4 is 0 Å². The normalized spacial score (nSPS) is 21.5. The molecule has 26 heavy (non-hydrogen) atoms. The van der Waals surface area contributed by atoms with E-state index >= 15 is 0 Å². The van der Waals surface area contributed by atoms with Crippen molar-refractivity contribution in [1.29, 1.82) is 0 Å². The number of carbonyl (C=O) groups excluding carboxylic acids is 2. The van der Waals surface area contributed by atoms with Crippen molar-refractivity contribution in [3.63, 3.8) is 0 Å². The molecule has 0 saturated carbocycles. The predicted molar refractivity (Wildman–Crippen MR) is 91.0 cm³/mol. The number of cyclic esters (lactones) is 1. The van der Waals surface area contributed by atoms with E-state index in [1.807, 2.05) is 0 Å². The fourth-order valence-corrected chi connectivity index (χ4v) is 2.66. The van der Waals surface area contributed by atoms with Gasteiger partial charge in [0.05, 0.1) is 5.56 Å². The van der Waals surface area contributed by atoms with Gasteiger partial charge in [-0.25, -0.2) is 14.0 Å². The second-order valence-corrected chi connectivity index (χ2v) is 5.80. The lowest BCUT2D eigenvalue weighted by atomic mass is 9.97. The lowest BCUT2D eigenvalue weighted by Crippen LogP contribution is -2.46. The number of rotatable bonds is 5. The van der Waals surface area contributed by atoms with E-state index in [0.29, 0.717) is 5.56 Å². The molecule has 0 bridgehead atoms. The minimum absolute atomic E-state index is 0.235. The number of ether oxygens (including phenoxy) is 2. The predicted octanol–water partition coefficient (Wildman–Crippen LogP) is 2.77. The largest absolute Gasteiger partial charge is 0.452 e. The Morgan fingerprint density at radius 3 is 2.35 bits per heavy atom. The average molecular weight is 356 g/mol. The number of halogens is 1. The number of carbonyl (C=O) groups is 2. The zero-order valence-corrected chi connectivity index (χ0v) is 13.7. The van der Waals surface area contributed by atoms with Gasteiger partial charge in [-0.2, -0.15) is 0 Å². The first-order valence-electron chi connectivity index (χ1n) is 8.08. The van der Waals surface area contributed by atoms with Gasteiger partial charge in [-0.3, -0.25) is 0 Å². The highest BCUT2D eigenvalue weighted by atomic mass is 19.1. The number of aliphatic hydroxyl groups excluding tert-OH is 1. The molecule has 1 N–H and O–H groups in total. The highest BCUT2D eigenvalue weighted by Gasteiger charge is 2.40. The first-order valence-corrected chi connectivity index (χ1v) is 8.08. The second-order valence-electron chi connectivity index (χ2n) is 5.80. The highest BCUT2D eigenvalue weighted by Crippen LogP contribution is 2.28. The summed E-state index contributed by atoms with van der Waals surface area (Å²) in [6.07, 6.45) is -3.58. The summed E-state index contributed by atoms with van der Waals surface area (Å²) >= 11 is 0. The Morgan fingerprint density at radius 2 is 1.69 bits per heavy atom. The van der Waals surface area contributed by atoms with Gasteiger partial charge in [-0.1, -0.05) is 48.5 Å². The quantitative estimate of drug-likeness (QED) is 0.834. The van der Waals surface area contributed by atoms with Gasteiger partial charge >= 0.3 is 11.9 Å². The molecule has 1 heterocycles. The third-order valence-electron chi connectivity index (χ3n) is 4.01. The molecule has 0 saturated heterocycles. The van der Waals surface area contributed by atoms with Crippen molar-refractivity contribution < 1.29 is 28.6 Å². The summed E-state index contributed by atoms with van der Waals surface area (Å²) < 4.78 is 25.0. The Morgan fingerprint density at radius 1 is 1.08 bits per heavy atom.